The van der Waals surface area contributed by atoms with Crippen molar-refractivity contribution in [3.8, 4) is 0 Å². The maximum absolute atomic E-state index is 13.0. The maximum Gasteiger partial charge on any atom is 0.126 e. The molecule has 1 N–H and O–H groups in total. The van der Waals surface area contributed by atoms with Crippen molar-refractivity contribution < 1.29 is 13.5 Å². The topological polar surface area (TPSA) is 21.3 Å². The van der Waals surface area contributed by atoms with Gasteiger partial charge in [-0.05, 0) is 57.9 Å². The molecule has 0 radical (unpaired) electrons. The van der Waals surface area contributed by atoms with Gasteiger partial charge >= 0.3 is 0 Å². The zero-order valence-corrected chi connectivity index (χ0v) is 12.1. The molecule has 0 fully saturated rings. The summed E-state index contributed by atoms with van der Waals surface area (Å²) in [5.41, 5.74) is 0.500. The molecule has 0 aliphatic heterocycles. The molecule has 0 aliphatic rings. The van der Waals surface area contributed by atoms with E-state index in [0.29, 0.717) is 18.5 Å². The molecule has 0 saturated carbocycles. The highest BCUT2D eigenvalue weighted by molar-refractivity contribution is 5.18. The number of halogens is 2. The summed E-state index contributed by atoms with van der Waals surface area (Å²) in [7, 11) is 1.70. The molecule has 4 heteroatoms. The van der Waals surface area contributed by atoms with Crippen LogP contribution in [0, 0.1) is 11.6 Å². The van der Waals surface area contributed by atoms with Crippen LogP contribution in [0.5, 0.6) is 0 Å². The molecule has 0 saturated heterocycles. The average Bonchev–Trinajstić information content (AvgIpc) is 2.27. The van der Waals surface area contributed by atoms with Crippen LogP contribution >= 0.6 is 0 Å². The van der Waals surface area contributed by atoms with Crippen molar-refractivity contribution in [2.24, 2.45) is 0 Å². The number of benzene rings is 1. The summed E-state index contributed by atoms with van der Waals surface area (Å²) in [5, 5.41) is 3.34. The average molecular weight is 271 g/mol. The van der Waals surface area contributed by atoms with Crippen molar-refractivity contribution in [3.05, 3.63) is 35.4 Å². The first kappa shape index (κ1) is 16.1. The molecule has 0 aliphatic carbocycles. The molecular formula is C15H23F2NO. The summed E-state index contributed by atoms with van der Waals surface area (Å²) >= 11 is 0. The molecule has 1 atom stereocenters. The van der Waals surface area contributed by atoms with Gasteiger partial charge in [0, 0.05) is 19.2 Å². The lowest BCUT2D eigenvalue weighted by molar-refractivity contribution is 0.00865. The second-order valence-electron chi connectivity index (χ2n) is 5.55. The smallest absolute Gasteiger partial charge is 0.126 e. The van der Waals surface area contributed by atoms with Crippen molar-refractivity contribution in [3.63, 3.8) is 0 Å². The number of rotatable bonds is 7. The Labute approximate surface area is 114 Å². The van der Waals surface area contributed by atoms with Gasteiger partial charge in [-0.25, -0.2) is 8.78 Å². The summed E-state index contributed by atoms with van der Waals surface area (Å²) in [6.45, 7) is 6.83. The van der Waals surface area contributed by atoms with E-state index in [-0.39, 0.29) is 11.6 Å². The first-order chi connectivity index (χ1) is 8.82. The molecule has 108 valence electrons. The van der Waals surface area contributed by atoms with E-state index in [0.717, 1.165) is 12.5 Å². The van der Waals surface area contributed by atoms with Gasteiger partial charge in [-0.15, -0.1) is 0 Å². The lowest BCUT2D eigenvalue weighted by Gasteiger charge is -2.27. The second kappa shape index (κ2) is 6.96. The Bertz CT molecular complexity index is 387. The SMILES string of the molecule is COC(C)(C)CC(C)NCCc1cc(F)cc(F)c1. The van der Waals surface area contributed by atoms with Crippen LogP contribution in [-0.4, -0.2) is 25.3 Å². The largest absolute Gasteiger partial charge is 0.379 e. The van der Waals surface area contributed by atoms with Crippen LogP contribution in [0.25, 0.3) is 0 Å². The zero-order valence-electron chi connectivity index (χ0n) is 12.1. The second-order valence-corrected chi connectivity index (χ2v) is 5.55. The van der Waals surface area contributed by atoms with E-state index in [4.69, 9.17) is 4.74 Å². The summed E-state index contributed by atoms with van der Waals surface area (Å²) < 4.78 is 31.4. The number of methoxy groups -OCH3 is 1. The Morgan fingerprint density at radius 2 is 1.79 bits per heavy atom. The summed E-state index contributed by atoms with van der Waals surface area (Å²) in [4.78, 5) is 0. The van der Waals surface area contributed by atoms with Crippen molar-refractivity contribution in [1.82, 2.24) is 5.32 Å². The van der Waals surface area contributed by atoms with Gasteiger partial charge in [0.05, 0.1) is 5.60 Å². The van der Waals surface area contributed by atoms with E-state index in [9.17, 15) is 8.78 Å². The number of ether oxygens (including phenoxy) is 1. The first-order valence-corrected chi connectivity index (χ1v) is 6.56. The summed E-state index contributed by atoms with van der Waals surface area (Å²) in [6, 6.07) is 3.91. The van der Waals surface area contributed by atoms with E-state index in [1.165, 1.54) is 12.1 Å². The van der Waals surface area contributed by atoms with Crippen LogP contribution in [0.3, 0.4) is 0 Å². The Hall–Kier alpha value is -1.00. The molecule has 19 heavy (non-hydrogen) atoms. The molecule has 0 aromatic heterocycles. The van der Waals surface area contributed by atoms with Crippen molar-refractivity contribution in [2.75, 3.05) is 13.7 Å². The van der Waals surface area contributed by atoms with Gasteiger partial charge in [0.15, 0.2) is 0 Å². The lowest BCUT2D eigenvalue weighted by Crippen LogP contribution is -2.36. The van der Waals surface area contributed by atoms with Crippen LogP contribution < -0.4 is 5.32 Å². The highest BCUT2D eigenvalue weighted by Crippen LogP contribution is 2.15. The van der Waals surface area contributed by atoms with Crippen molar-refractivity contribution in [2.45, 2.75) is 45.3 Å². The third-order valence-electron chi connectivity index (χ3n) is 3.18. The predicted octanol–water partition coefficient (Wildman–Crippen LogP) is 3.30. The van der Waals surface area contributed by atoms with Gasteiger partial charge in [-0.1, -0.05) is 0 Å². The highest BCUT2D eigenvalue weighted by Gasteiger charge is 2.19. The Morgan fingerprint density at radius 3 is 2.32 bits per heavy atom. The molecule has 0 heterocycles. The highest BCUT2D eigenvalue weighted by atomic mass is 19.1. The lowest BCUT2D eigenvalue weighted by atomic mass is 10.00. The van der Waals surface area contributed by atoms with Crippen molar-refractivity contribution in [1.29, 1.82) is 0 Å². The van der Waals surface area contributed by atoms with E-state index >= 15 is 0 Å². The van der Waals surface area contributed by atoms with Crippen LogP contribution in [0.1, 0.15) is 32.8 Å². The first-order valence-electron chi connectivity index (χ1n) is 6.56. The van der Waals surface area contributed by atoms with Gasteiger partial charge in [0.1, 0.15) is 11.6 Å². The molecule has 2 nitrogen and oxygen atoms in total. The predicted molar refractivity (Wildman–Crippen MR) is 73.2 cm³/mol. The van der Waals surface area contributed by atoms with Crippen LogP contribution in [0.4, 0.5) is 8.78 Å². The number of hydrogen-bond donors (Lipinski definition) is 1. The minimum Gasteiger partial charge on any atom is -0.379 e. The molecule has 1 aromatic rings. The monoisotopic (exact) mass is 271 g/mol. The maximum atomic E-state index is 13.0. The third-order valence-corrected chi connectivity index (χ3v) is 3.18. The normalized spacial score (nSPS) is 13.6. The Kier molecular flexibility index (Phi) is 5.88. The standard InChI is InChI=1S/C15H23F2NO/c1-11(10-15(2,3)19-4)18-6-5-12-7-13(16)9-14(17)8-12/h7-9,11,18H,5-6,10H2,1-4H3. The van der Waals surface area contributed by atoms with Gasteiger partial charge < -0.3 is 10.1 Å². The molecule has 1 aromatic carbocycles. The Morgan fingerprint density at radius 1 is 1.21 bits per heavy atom. The van der Waals surface area contributed by atoms with E-state index in [2.05, 4.69) is 12.2 Å². The quantitative estimate of drug-likeness (QED) is 0.821. The number of nitrogens with one attached hydrogen (secondary N) is 1. The molecule has 0 amide bonds. The summed E-state index contributed by atoms with van der Waals surface area (Å²) in [5.74, 6) is -1.05. The molecule has 1 unspecified atom stereocenters. The van der Waals surface area contributed by atoms with Crippen LogP contribution in [-0.2, 0) is 11.2 Å². The Balaban J connectivity index is 2.37. The van der Waals surface area contributed by atoms with E-state index in [1.807, 2.05) is 13.8 Å². The molecule has 0 spiro atoms. The zero-order chi connectivity index (χ0) is 14.5. The van der Waals surface area contributed by atoms with Crippen molar-refractivity contribution >= 4 is 0 Å². The summed E-state index contributed by atoms with van der Waals surface area (Å²) in [6.07, 6.45) is 1.48. The van der Waals surface area contributed by atoms with E-state index in [1.54, 1.807) is 7.11 Å². The number of hydrogen-bond acceptors (Lipinski definition) is 2. The minimum atomic E-state index is -0.524. The van der Waals surface area contributed by atoms with Gasteiger partial charge in [-0.2, -0.15) is 0 Å². The fourth-order valence-electron chi connectivity index (χ4n) is 2.11. The molecule has 0 bridgehead atoms. The fraction of sp³-hybridized carbons (Fsp3) is 0.600. The van der Waals surface area contributed by atoms with E-state index < -0.39 is 11.6 Å². The van der Waals surface area contributed by atoms with Gasteiger partial charge in [0.2, 0.25) is 0 Å². The van der Waals surface area contributed by atoms with Crippen LogP contribution in [0.15, 0.2) is 18.2 Å². The van der Waals surface area contributed by atoms with Gasteiger partial charge in [-0.3, -0.25) is 0 Å². The van der Waals surface area contributed by atoms with Crippen LogP contribution in [0.2, 0.25) is 0 Å². The fourth-order valence-corrected chi connectivity index (χ4v) is 2.11. The molecular weight excluding hydrogens is 248 g/mol. The third kappa shape index (κ3) is 6.12. The van der Waals surface area contributed by atoms with Gasteiger partial charge in [0.25, 0.3) is 0 Å². The minimum absolute atomic E-state index is 0.169. The molecule has 1 rings (SSSR count).